The Bertz CT molecular complexity index is 279. The van der Waals surface area contributed by atoms with E-state index in [9.17, 15) is 0 Å². The number of aliphatic hydroxyl groups excluding tert-OH is 1. The van der Waals surface area contributed by atoms with Crippen LogP contribution in [0.1, 0.15) is 0 Å². The van der Waals surface area contributed by atoms with Crippen LogP contribution in [0.15, 0.2) is 22.8 Å². The van der Waals surface area contributed by atoms with Crippen molar-refractivity contribution >= 4 is 21.7 Å². The molecule has 0 aliphatic carbocycles. The van der Waals surface area contributed by atoms with Crippen molar-refractivity contribution in [3.8, 4) is 0 Å². The predicted molar refractivity (Wildman–Crippen MR) is 63.1 cm³/mol. The lowest BCUT2D eigenvalue weighted by molar-refractivity contribution is 0.202. The molecule has 5 heteroatoms. The van der Waals surface area contributed by atoms with Crippen LogP contribution in [-0.4, -0.2) is 43.5 Å². The molecule has 0 unspecified atom stereocenters. The third-order valence-corrected chi connectivity index (χ3v) is 2.44. The van der Waals surface area contributed by atoms with Crippen LogP contribution in [0, 0.1) is 0 Å². The first-order valence-corrected chi connectivity index (χ1v) is 5.53. The van der Waals surface area contributed by atoms with Gasteiger partial charge < -0.3 is 14.7 Å². The van der Waals surface area contributed by atoms with E-state index in [0.29, 0.717) is 13.2 Å². The van der Waals surface area contributed by atoms with Gasteiger partial charge in [-0.25, -0.2) is 4.98 Å². The molecule has 0 aliphatic heterocycles. The molecule has 1 aromatic heterocycles. The highest BCUT2D eigenvalue weighted by molar-refractivity contribution is 9.10. The Hall–Kier alpha value is -0.650. The normalized spacial score (nSPS) is 10.3. The Kier molecular flexibility index (Phi) is 5.60. The summed E-state index contributed by atoms with van der Waals surface area (Å²) < 4.78 is 5.95. The van der Waals surface area contributed by atoms with E-state index in [1.165, 1.54) is 0 Å². The molecular formula is C10H15BrN2O2. The van der Waals surface area contributed by atoms with E-state index >= 15 is 0 Å². The number of anilines is 1. The van der Waals surface area contributed by atoms with Crippen molar-refractivity contribution in [1.82, 2.24) is 4.98 Å². The van der Waals surface area contributed by atoms with Gasteiger partial charge in [0.25, 0.3) is 0 Å². The third-order valence-electron chi connectivity index (χ3n) is 1.97. The molecule has 0 radical (unpaired) electrons. The van der Waals surface area contributed by atoms with Gasteiger partial charge >= 0.3 is 0 Å². The van der Waals surface area contributed by atoms with Crippen LogP contribution in [0.5, 0.6) is 0 Å². The molecule has 0 aromatic carbocycles. The van der Waals surface area contributed by atoms with Gasteiger partial charge in [-0.15, -0.1) is 0 Å². The average molecular weight is 275 g/mol. The van der Waals surface area contributed by atoms with Gasteiger partial charge in [0, 0.05) is 30.9 Å². The lowest BCUT2D eigenvalue weighted by Gasteiger charge is -2.22. The molecule has 15 heavy (non-hydrogen) atoms. The second-order valence-corrected chi connectivity index (χ2v) is 3.95. The quantitative estimate of drug-likeness (QED) is 0.849. The average Bonchev–Trinajstić information content (AvgIpc) is 2.25. The van der Waals surface area contributed by atoms with Gasteiger partial charge in [-0.3, -0.25) is 0 Å². The Balaban J connectivity index is 2.65. The lowest BCUT2D eigenvalue weighted by atomic mass is 10.4. The Morgan fingerprint density at radius 2 is 2.27 bits per heavy atom. The first-order chi connectivity index (χ1) is 7.27. The fraction of sp³-hybridized carbons (Fsp3) is 0.500. The van der Waals surface area contributed by atoms with Crippen LogP contribution in [0.25, 0.3) is 0 Å². The number of ether oxygens (including phenoxy) is 1. The minimum Gasteiger partial charge on any atom is -0.395 e. The zero-order chi connectivity index (χ0) is 11.1. The summed E-state index contributed by atoms with van der Waals surface area (Å²) in [4.78, 5) is 6.24. The topological polar surface area (TPSA) is 45.6 Å². The lowest BCUT2D eigenvalue weighted by Crippen LogP contribution is -2.30. The molecule has 0 amide bonds. The van der Waals surface area contributed by atoms with E-state index in [2.05, 4.69) is 20.9 Å². The van der Waals surface area contributed by atoms with E-state index in [-0.39, 0.29) is 6.61 Å². The van der Waals surface area contributed by atoms with Crippen molar-refractivity contribution in [2.24, 2.45) is 0 Å². The van der Waals surface area contributed by atoms with Crippen molar-refractivity contribution in [2.45, 2.75) is 0 Å². The summed E-state index contributed by atoms with van der Waals surface area (Å²) in [5, 5.41) is 8.93. The number of methoxy groups -OCH3 is 1. The highest BCUT2D eigenvalue weighted by atomic mass is 79.9. The first kappa shape index (κ1) is 12.4. The molecular weight excluding hydrogens is 260 g/mol. The zero-order valence-electron chi connectivity index (χ0n) is 8.69. The highest BCUT2D eigenvalue weighted by Crippen LogP contribution is 2.14. The van der Waals surface area contributed by atoms with Gasteiger partial charge in [0.05, 0.1) is 13.2 Å². The summed E-state index contributed by atoms with van der Waals surface area (Å²) >= 11 is 3.33. The number of aromatic nitrogens is 1. The molecule has 0 spiro atoms. The minimum atomic E-state index is 0.113. The van der Waals surface area contributed by atoms with Crippen LogP contribution < -0.4 is 4.90 Å². The van der Waals surface area contributed by atoms with Crippen LogP contribution in [0.4, 0.5) is 5.82 Å². The molecule has 4 nitrogen and oxygen atoms in total. The summed E-state index contributed by atoms with van der Waals surface area (Å²) in [7, 11) is 1.66. The van der Waals surface area contributed by atoms with Crippen molar-refractivity contribution in [3.05, 3.63) is 22.8 Å². The van der Waals surface area contributed by atoms with Gasteiger partial charge in [0.2, 0.25) is 0 Å². The van der Waals surface area contributed by atoms with Crippen molar-refractivity contribution in [3.63, 3.8) is 0 Å². The number of rotatable bonds is 6. The smallest absolute Gasteiger partial charge is 0.128 e. The molecule has 1 rings (SSSR count). The SMILES string of the molecule is COCCN(CCO)c1ccc(Br)cn1. The number of nitrogens with zero attached hydrogens (tertiary/aromatic N) is 2. The molecule has 0 atom stereocenters. The van der Waals surface area contributed by atoms with Crippen molar-refractivity contribution < 1.29 is 9.84 Å². The molecule has 0 aliphatic rings. The monoisotopic (exact) mass is 274 g/mol. The van der Waals surface area contributed by atoms with Crippen LogP contribution >= 0.6 is 15.9 Å². The molecule has 1 aromatic rings. The maximum absolute atomic E-state index is 8.93. The maximum Gasteiger partial charge on any atom is 0.128 e. The summed E-state index contributed by atoms with van der Waals surface area (Å²) in [6, 6.07) is 3.84. The van der Waals surface area contributed by atoms with E-state index in [1.54, 1.807) is 13.3 Å². The standard InChI is InChI=1S/C10H15BrN2O2/c1-15-7-5-13(4-6-14)10-3-2-9(11)8-12-10/h2-3,8,14H,4-7H2,1H3. The van der Waals surface area contributed by atoms with Crippen LogP contribution in [-0.2, 0) is 4.74 Å². The Morgan fingerprint density at radius 1 is 1.47 bits per heavy atom. The molecule has 0 saturated heterocycles. The fourth-order valence-electron chi connectivity index (χ4n) is 1.22. The molecule has 0 bridgehead atoms. The van der Waals surface area contributed by atoms with Crippen LogP contribution in [0.2, 0.25) is 0 Å². The summed E-state index contributed by atoms with van der Waals surface area (Å²) in [6.07, 6.45) is 1.74. The third kappa shape index (κ3) is 4.15. The molecule has 0 saturated carbocycles. The van der Waals surface area contributed by atoms with Gasteiger partial charge in [0.15, 0.2) is 0 Å². The predicted octanol–water partition coefficient (Wildman–Crippen LogP) is 1.29. The van der Waals surface area contributed by atoms with E-state index < -0.39 is 0 Å². The second kappa shape index (κ2) is 6.76. The molecule has 1 N–H and O–H groups in total. The Labute approximate surface area is 98.0 Å². The van der Waals surface area contributed by atoms with Gasteiger partial charge in [-0.2, -0.15) is 0 Å². The number of halogens is 1. The first-order valence-electron chi connectivity index (χ1n) is 4.74. The molecule has 1 heterocycles. The summed E-state index contributed by atoms with van der Waals surface area (Å²) in [5.41, 5.74) is 0. The van der Waals surface area contributed by atoms with Crippen LogP contribution in [0.3, 0.4) is 0 Å². The largest absolute Gasteiger partial charge is 0.395 e. The molecule has 0 fully saturated rings. The number of hydrogen-bond donors (Lipinski definition) is 1. The highest BCUT2D eigenvalue weighted by Gasteiger charge is 2.06. The second-order valence-electron chi connectivity index (χ2n) is 3.04. The van der Waals surface area contributed by atoms with E-state index in [0.717, 1.165) is 16.8 Å². The molecule has 84 valence electrons. The van der Waals surface area contributed by atoms with Gasteiger partial charge in [0.1, 0.15) is 5.82 Å². The number of hydrogen-bond acceptors (Lipinski definition) is 4. The van der Waals surface area contributed by atoms with Crippen molar-refractivity contribution in [2.75, 3.05) is 38.3 Å². The Morgan fingerprint density at radius 3 is 2.80 bits per heavy atom. The minimum absolute atomic E-state index is 0.113. The summed E-state index contributed by atoms with van der Waals surface area (Å²) in [6.45, 7) is 2.03. The number of pyridine rings is 1. The van der Waals surface area contributed by atoms with E-state index in [4.69, 9.17) is 9.84 Å². The number of aliphatic hydroxyl groups is 1. The maximum atomic E-state index is 8.93. The van der Waals surface area contributed by atoms with Gasteiger partial charge in [-0.05, 0) is 28.1 Å². The van der Waals surface area contributed by atoms with Crippen molar-refractivity contribution in [1.29, 1.82) is 0 Å². The van der Waals surface area contributed by atoms with Gasteiger partial charge in [-0.1, -0.05) is 0 Å². The summed E-state index contributed by atoms with van der Waals surface area (Å²) in [5.74, 6) is 0.851. The van der Waals surface area contributed by atoms with E-state index in [1.807, 2.05) is 17.0 Å². The zero-order valence-corrected chi connectivity index (χ0v) is 10.3. The fourth-order valence-corrected chi connectivity index (χ4v) is 1.45.